The number of nitrogens with two attached hydrogens (primary N) is 1. The van der Waals surface area contributed by atoms with Crippen LogP contribution in [0.4, 0.5) is 11.5 Å². The van der Waals surface area contributed by atoms with Crippen LogP contribution >= 0.6 is 0 Å². The molecular weight excluding hydrogens is 328 g/mol. The highest BCUT2D eigenvalue weighted by atomic mass is 16.3. The first-order chi connectivity index (χ1) is 12.7. The van der Waals surface area contributed by atoms with Gasteiger partial charge in [-0.15, -0.1) is 0 Å². The number of nitrogens with zero attached hydrogens (tertiary/aromatic N) is 5. The number of aliphatic hydroxyl groups excluding tert-OH is 1. The summed E-state index contributed by atoms with van der Waals surface area (Å²) in [6.07, 6.45) is 4.13. The summed E-state index contributed by atoms with van der Waals surface area (Å²) in [5.74, 6) is 0.155. The van der Waals surface area contributed by atoms with Crippen LogP contribution in [0.2, 0.25) is 0 Å². The minimum atomic E-state index is -0.153. The van der Waals surface area contributed by atoms with Crippen molar-refractivity contribution in [2.45, 2.75) is 19.4 Å². The van der Waals surface area contributed by atoms with Crippen molar-refractivity contribution in [3.8, 4) is 12.1 Å². The van der Waals surface area contributed by atoms with Gasteiger partial charge in [-0.05, 0) is 36.6 Å². The molecule has 0 unspecified atom stereocenters. The second kappa shape index (κ2) is 7.73. The molecule has 1 aliphatic rings. The zero-order valence-electron chi connectivity index (χ0n) is 14.4. The third-order valence-corrected chi connectivity index (χ3v) is 4.47. The van der Waals surface area contributed by atoms with Crippen molar-refractivity contribution >= 4 is 23.2 Å². The number of anilines is 2. The van der Waals surface area contributed by atoms with Gasteiger partial charge in [-0.1, -0.05) is 12.1 Å². The number of benzene rings is 1. The van der Waals surface area contributed by atoms with E-state index >= 15 is 0 Å². The Morgan fingerprint density at radius 2 is 1.92 bits per heavy atom. The summed E-state index contributed by atoms with van der Waals surface area (Å²) < 4.78 is 1.34. The van der Waals surface area contributed by atoms with Gasteiger partial charge >= 0.3 is 0 Å². The monoisotopic (exact) mass is 348 g/mol. The molecule has 3 rings (SSSR count). The van der Waals surface area contributed by atoms with Crippen LogP contribution in [0.25, 0.3) is 11.6 Å². The Morgan fingerprint density at radius 1 is 1.23 bits per heavy atom. The Balaban J connectivity index is 1.92. The highest BCUT2D eigenvalue weighted by Gasteiger charge is 2.19. The maximum absolute atomic E-state index is 9.54. The van der Waals surface area contributed by atoms with E-state index in [4.69, 9.17) is 10.8 Å². The molecule has 7 heteroatoms. The SMILES string of the molecule is N#C/C(=C\c1ccc(N2CCCC2)cc1)c1nn(CCO)c(N)c1C#N. The van der Waals surface area contributed by atoms with E-state index in [0.29, 0.717) is 0 Å². The van der Waals surface area contributed by atoms with Crippen molar-refractivity contribution in [1.82, 2.24) is 9.78 Å². The Kier molecular flexibility index (Phi) is 5.21. The maximum Gasteiger partial charge on any atom is 0.140 e. The third kappa shape index (κ3) is 3.39. The summed E-state index contributed by atoms with van der Waals surface area (Å²) in [6, 6.07) is 12.1. The molecule has 132 valence electrons. The zero-order valence-corrected chi connectivity index (χ0v) is 14.4. The van der Waals surface area contributed by atoms with Crippen LogP contribution in [0.3, 0.4) is 0 Å². The largest absolute Gasteiger partial charge is 0.394 e. The van der Waals surface area contributed by atoms with E-state index in [9.17, 15) is 10.5 Å². The molecule has 1 aromatic heterocycles. The van der Waals surface area contributed by atoms with Gasteiger partial charge in [-0.2, -0.15) is 15.6 Å². The Bertz CT molecular complexity index is 892. The normalized spacial score (nSPS) is 14.3. The van der Waals surface area contributed by atoms with E-state index in [0.717, 1.165) is 18.7 Å². The number of hydrogen-bond donors (Lipinski definition) is 2. The Morgan fingerprint density at radius 3 is 2.50 bits per heavy atom. The van der Waals surface area contributed by atoms with E-state index in [1.165, 1.54) is 23.2 Å². The topological polar surface area (TPSA) is 115 Å². The van der Waals surface area contributed by atoms with Crippen LogP contribution in [0, 0.1) is 22.7 Å². The predicted molar refractivity (Wildman–Crippen MR) is 99.8 cm³/mol. The van der Waals surface area contributed by atoms with Gasteiger partial charge < -0.3 is 15.7 Å². The van der Waals surface area contributed by atoms with Crippen LogP contribution in [0.5, 0.6) is 0 Å². The number of hydrogen-bond acceptors (Lipinski definition) is 6. The van der Waals surface area contributed by atoms with Crippen LogP contribution in [0.1, 0.15) is 29.7 Å². The van der Waals surface area contributed by atoms with Crippen LogP contribution < -0.4 is 10.6 Å². The summed E-state index contributed by atoms with van der Waals surface area (Å²) in [6.45, 7) is 2.17. The summed E-state index contributed by atoms with van der Waals surface area (Å²) in [5, 5.41) is 32.2. The lowest BCUT2D eigenvalue weighted by Gasteiger charge is -2.17. The summed E-state index contributed by atoms with van der Waals surface area (Å²) in [7, 11) is 0. The van der Waals surface area contributed by atoms with Crippen molar-refractivity contribution in [3.05, 3.63) is 41.1 Å². The van der Waals surface area contributed by atoms with Crippen molar-refractivity contribution in [2.75, 3.05) is 30.3 Å². The van der Waals surface area contributed by atoms with Gasteiger partial charge in [0.25, 0.3) is 0 Å². The highest BCUT2D eigenvalue weighted by molar-refractivity contribution is 5.91. The fourth-order valence-electron chi connectivity index (χ4n) is 3.12. The molecule has 1 fully saturated rings. The molecule has 0 aliphatic carbocycles. The van der Waals surface area contributed by atoms with E-state index in [1.807, 2.05) is 30.3 Å². The van der Waals surface area contributed by atoms with Crippen molar-refractivity contribution in [1.29, 1.82) is 10.5 Å². The number of aliphatic hydroxyl groups is 1. The zero-order chi connectivity index (χ0) is 18.5. The average molecular weight is 348 g/mol. The van der Waals surface area contributed by atoms with Gasteiger partial charge in [0.1, 0.15) is 29.2 Å². The second-order valence-corrected chi connectivity index (χ2v) is 6.12. The van der Waals surface area contributed by atoms with E-state index in [1.54, 1.807) is 6.08 Å². The van der Waals surface area contributed by atoms with Crippen molar-refractivity contribution in [3.63, 3.8) is 0 Å². The molecule has 0 amide bonds. The molecule has 0 atom stereocenters. The first kappa shape index (κ1) is 17.5. The molecule has 26 heavy (non-hydrogen) atoms. The molecule has 2 aromatic rings. The minimum absolute atomic E-state index is 0.153. The molecule has 7 nitrogen and oxygen atoms in total. The molecule has 0 bridgehead atoms. The average Bonchev–Trinajstić information content (AvgIpc) is 3.29. The minimum Gasteiger partial charge on any atom is -0.394 e. The van der Waals surface area contributed by atoms with Gasteiger partial charge in [-0.25, -0.2) is 4.68 Å². The first-order valence-electron chi connectivity index (χ1n) is 8.52. The predicted octanol–water partition coefficient (Wildman–Crippen LogP) is 1.99. The number of nitriles is 2. The molecule has 1 aromatic carbocycles. The number of rotatable bonds is 5. The Labute approximate surface area is 152 Å². The third-order valence-electron chi connectivity index (χ3n) is 4.47. The summed E-state index contributed by atoms with van der Waals surface area (Å²) in [4.78, 5) is 2.34. The number of nitrogen functional groups attached to an aromatic ring is 1. The van der Waals surface area contributed by atoms with Gasteiger partial charge in [0.2, 0.25) is 0 Å². The fourth-order valence-corrected chi connectivity index (χ4v) is 3.12. The maximum atomic E-state index is 9.54. The lowest BCUT2D eigenvalue weighted by molar-refractivity contribution is 0.270. The van der Waals surface area contributed by atoms with Gasteiger partial charge in [0.05, 0.1) is 18.7 Å². The highest BCUT2D eigenvalue weighted by Crippen LogP contribution is 2.26. The van der Waals surface area contributed by atoms with Crippen LogP contribution in [-0.2, 0) is 6.54 Å². The quantitative estimate of drug-likeness (QED) is 0.799. The molecule has 1 aliphatic heterocycles. The molecule has 0 saturated carbocycles. The van der Waals surface area contributed by atoms with E-state index < -0.39 is 0 Å². The lowest BCUT2D eigenvalue weighted by atomic mass is 10.1. The van der Waals surface area contributed by atoms with E-state index in [2.05, 4.69) is 16.1 Å². The van der Waals surface area contributed by atoms with Crippen molar-refractivity contribution in [2.24, 2.45) is 0 Å². The van der Waals surface area contributed by atoms with Crippen molar-refractivity contribution < 1.29 is 5.11 Å². The molecule has 1 saturated heterocycles. The van der Waals surface area contributed by atoms with Gasteiger partial charge in [0, 0.05) is 18.8 Å². The Hall–Kier alpha value is -3.29. The molecule has 0 spiro atoms. The number of aromatic nitrogens is 2. The molecule has 0 radical (unpaired) electrons. The fraction of sp³-hybridized carbons (Fsp3) is 0.316. The summed E-state index contributed by atoms with van der Waals surface area (Å²) in [5.41, 5.74) is 8.58. The second-order valence-electron chi connectivity index (χ2n) is 6.12. The number of allylic oxidation sites excluding steroid dienone is 1. The molecular formula is C19H20N6O. The van der Waals surface area contributed by atoms with Crippen LogP contribution in [0.15, 0.2) is 24.3 Å². The molecule has 3 N–H and O–H groups in total. The first-order valence-corrected chi connectivity index (χ1v) is 8.52. The summed E-state index contributed by atoms with van der Waals surface area (Å²) >= 11 is 0. The van der Waals surface area contributed by atoms with Gasteiger partial charge in [-0.3, -0.25) is 0 Å². The molecule has 2 heterocycles. The van der Waals surface area contributed by atoms with Gasteiger partial charge in [0.15, 0.2) is 0 Å². The lowest BCUT2D eigenvalue weighted by Crippen LogP contribution is -2.17. The van der Waals surface area contributed by atoms with Crippen LogP contribution in [-0.4, -0.2) is 34.6 Å². The smallest absolute Gasteiger partial charge is 0.140 e. The van der Waals surface area contributed by atoms with E-state index in [-0.39, 0.29) is 35.8 Å². The standard InChI is InChI=1S/C19H20N6O/c20-12-15(18-17(13-21)19(22)25(23-18)9-10-26)11-14-3-5-16(6-4-14)24-7-1-2-8-24/h3-6,11,26H,1-2,7-10,22H2/b15-11+.